The Morgan fingerprint density at radius 3 is 2.30 bits per heavy atom. The van der Waals surface area contributed by atoms with E-state index in [1.165, 1.54) is 18.3 Å². The van der Waals surface area contributed by atoms with Gasteiger partial charge in [-0.3, -0.25) is 9.78 Å². The van der Waals surface area contributed by atoms with Gasteiger partial charge in [-0.1, -0.05) is 26.7 Å². The largest absolute Gasteiger partial charge is 0.478 e. The average Bonchev–Trinajstić information content (AvgIpc) is 2.46. The highest BCUT2D eigenvalue weighted by Gasteiger charge is 2.22. The molecule has 0 fully saturated rings. The molecule has 0 unspecified atom stereocenters. The molecule has 0 saturated carbocycles. The monoisotopic (exact) mass is 278 g/mol. The summed E-state index contributed by atoms with van der Waals surface area (Å²) in [7, 11) is 0. The Morgan fingerprint density at radius 1 is 1.20 bits per heavy atom. The average molecular weight is 278 g/mol. The second-order valence-corrected chi connectivity index (χ2v) is 4.70. The molecule has 0 aliphatic carbocycles. The number of hydrogen-bond donors (Lipinski definition) is 1. The smallest absolute Gasteiger partial charge is 0.338 e. The van der Waals surface area contributed by atoms with Gasteiger partial charge in [-0.2, -0.15) is 0 Å². The van der Waals surface area contributed by atoms with Crippen LogP contribution in [0, 0.1) is 0 Å². The predicted molar refractivity (Wildman–Crippen MR) is 76.9 cm³/mol. The van der Waals surface area contributed by atoms with Crippen molar-refractivity contribution in [1.82, 2.24) is 9.88 Å². The van der Waals surface area contributed by atoms with Crippen LogP contribution in [0.4, 0.5) is 0 Å². The van der Waals surface area contributed by atoms with Gasteiger partial charge in [0, 0.05) is 19.3 Å². The fourth-order valence-electron chi connectivity index (χ4n) is 1.91. The van der Waals surface area contributed by atoms with Crippen molar-refractivity contribution in [1.29, 1.82) is 0 Å². The van der Waals surface area contributed by atoms with Gasteiger partial charge in [0.15, 0.2) is 0 Å². The van der Waals surface area contributed by atoms with E-state index in [1.54, 1.807) is 4.90 Å². The van der Waals surface area contributed by atoms with Gasteiger partial charge >= 0.3 is 5.97 Å². The molecule has 110 valence electrons. The van der Waals surface area contributed by atoms with E-state index in [0.717, 1.165) is 25.7 Å². The summed E-state index contributed by atoms with van der Waals surface area (Å²) in [5.74, 6) is -1.41. The molecule has 1 heterocycles. The summed E-state index contributed by atoms with van der Waals surface area (Å²) in [6.07, 6.45) is 5.25. The van der Waals surface area contributed by atoms with Gasteiger partial charge in [0.2, 0.25) is 0 Å². The van der Waals surface area contributed by atoms with Gasteiger partial charge in [-0.25, -0.2) is 4.79 Å². The van der Waals surface area contributed by atoms with Crippen molar-refractivity contribution in [3.63, 3.8) is 0 Å². The van der Waals surface area contributed by atoms with Crippen LogP contribution in [0.5, 0.6) is 0 Å². The lowest BCUT2D eigenvalue weighted by Gasteiger charge is -2.22. The molecule has 0 saturated heterocycles. The molecule has 0 radical (unpaired) electrons. The summed E-state index contributed by atoms with van der Waals surface area (Å²) < 4.78 is 0. The number of pyridine rings is 1. The predicted octanol–water partition coefficient (Wildman–Crippen LogP) is 2.82. The van der Waals surface area contributed by atoms with E-state index in [-0.39, 0.29) is 17.2 Å². The molecule has 1 aromatic heterocycles. The number of unbranched alkanes of at least 4 members (excludes halogenated alkanes) is 2. The number of carboxylic acid groups (broad SMARTS) is 1. The summed E-state index contributed by atoms with van der Waals surface area (Å²) in [6.45, 7) is 5.41. The van der Waals surface area contributed by atoms with Crippen molar-refractivity contribution in [2.75, 3.05) is 13.1 Å². The van der Waals surface area contributed by atoms with Gasteiger partial charge < -0.3 is 10.0 Å². The number of amides is 1. The number of carbonyl (C=O) groups excluding carboxylic acids is 1. The molecule has 1 N–H and O–H groups in total. The topological polar surface area (TPSA) is 70.5 Å². The van der Waals surface area contributed by atoms with E-state index in [4.69, 9.17) is 5.11 Å². The molecular formula is C15H22N2O3. The number of aromatic nitrogens is 1. The van der Waals surface area contributed by atoms with Gasteiger partial charge in [-0.15, -0.1) is 0 Å². The highest BCUT2D eigenvalue weighted by atomic mass is 16.4. The van der Waals surface area contributed by atoms with Crippen molar-refractivity contribution in [3.8, 4) is 0 Å². The number of carbonyl (C=O) groups is 2. The minimum absolute atomic E-state index is 0.0319. The molecule has 0 bridgehead atoms. The van der Waals surface area contributed by atoms with Crippen LogP contribution in [0.1, 0.15) is 60.4 Å². The van der Waals surface area contributed by atoms with Crippen LogP contribution < -0.4 is 0 Å². The van der Waals surface area contributed by atoms with Crippen LogP contribution in [0.15, 0.2) is 18.3 Å². The molecule has 0 aliphatic heterocycles. The number of rotatable bonds is 8. The van der Waals surface area contributed by atoms with E-state index in [0.29, 0.717) is 13.1 Å². The minimum Gasteiger partial charge on any atom is -0.478 e. The second-order valence-electron chi connectivity index (χ2n) is 4.70. The van der Waals surface area contributed by atoms with Gasteiger partial charge in [0.25, 0.3) is 5.91 Å². The quantitative estimate of drug-likeness (QED) is 0.793. The molecule has 0 spiro atoms. The van der Waals surface area contributed by atoms with Crippen molar-refractivity contribution < 1.29 is 14.7 Å². The summed E-state index contributed by atoms with van der Waals surface area (Å²) in [5, 5.41) is 9.14. The molecule has 1 amide bonds. The molecule has 1 rings (SSSR count). The first-order chi connectivity index (χ1) is 9.61. The Balaban J connectivity index is 2.95. The highest BCUT2D eigenvalue weighted by Crippen LogP contribution is 2.11. The third kappa shape index (κ3) is 4.33. The Hall–Kier alpha value is -1.91. The SMILES string of the molecule is CCCCN(CCCC)C(=O)c1ncccc1C(=O)O. The van der Waals surface area contributed by atoms with Crippen molar-refractivity contribution >= 4 is 11.9 Å². The first kappa shape index (κ1) is 16.1. The Bertz CT molecular complexity index is 452. The highest BCUT2D eigenvalue weighted by molar-refractivity contribution is 6.03. The number of hydrogen-bond acceptors (Lipinski definition) is 3. The maximum atomic E-state index is 12.5. The molecule has 20 heavy (non-hydrogen) atoms. The van der Waals surface area contributed by atoms with E-state index >= 15 is 0 Å². The van der Waals surface area contributed by atoms with Gasteiger partial charge in [-0.05, 0) is 25.0 Å². The summed E-state index contributed by atoms with van der Waals surface area (Å²) in [5.41, 5.74) is 0.00250. The van der Waals surface area contributed by atoms with E-state index < -0.39 is 5.97 Å². The first-order valence-corrected chi connectivity index (χ1v) is 7.09. The van der Waals surface area contributed by atoms with Crippen LogP contribution in [0.3, 0.4) is 0 Å². The molecular weight excluding hydrogens is 256 g/mol. The van der Waals surface area contributed by atoms with E-state index in [2.05, 4.69) is 18.8 Å². The van der Waals surface area contributed by atoms with Gasteiger partial charge in [0.05, 0.1) is 5.56 Å². The lowest BCUT2D eigenvalue weighted by atomic mass is 10.1. The summed E-state index contributed by atoms with van der Waals surface area (Å²) >= 11 is 0. The zero-order valence-corrected chi connectivity index (χ0v) is 12.1. The molecule has 1 aromatic rings. The third-order valence-corrected chi connectivity index (χ3v) is 3.09. The number of nitrogens with zero attached hydrogens (tertiary/aromatic N) is 2. The van der Waals surface area contributed by atoms with E-state index in [9.17, 15) is 9.59 Å². The lowest BCUT2D eigenvalue weighted by Crippen LogP contribution is -2.34. The zero-order chi connectivity index (χ0) is 15.0. The summed E-state index contributed by atoms with van der Waals surface area (Å²) in [4.78, 5) is 29.3. The minimum atomic E-state index is -1.12. The van der Waals surface area contributed by atoms with Crippen LogP contribution in [-0.2, 0) is 0 Å². The lowest BCUT2D eigenvalue weighted by molar-refractivity contribution is 0.0670. The van der Waals surface area contributed by atoms with E-state index in [1.807, 2.05) is 0 Å². The van der Waals surface area contributed by atoms with Gasteiger partial charge in [0.1, 0.15) is 5.69 Å². The van der Waals surface area contributed by atoms with Crippen LogP contribution in [0.2, 0.25) is 0 Å². The standard InChI is InChI=1S/C15H22N2O3/c1-3-5-10-17(11-6-4-2)14(18)13-12(15(19)20)8-7-9-16-13/h7-9H,3-6,10-11H2,1-2H3,(H,19,20). The number of carboxylic acids is 1. The third-order valence-electron chi connectivity index (χ3n) is 3.09. The second kappa shape index (κ2) is 8.30. The number of aromatic carboxylic acids is 1. The molecule has 5 nitrogen and oxygen atoms in total. The Morgan fingerprint density at radius 2 is 1.80 bits per heavy atom. The molecule has 0 aliphatic rings. The van der Waals surface area contributed by atoms with Crippen LogP contribution in [-0.4, -0.2) is 40.0 Å². The fraction of sp³-hybridized carbons (Fsp3) is 0.533. The molecule has 0 aromatic carbocycles. The molecule has 0 atom stereocenters. The zero-order valence-electron chi connectivity index (χ0n) is 12.1. The summed E-state index contributed by atoms with van der Waals surface area (Å²) in [6, 6.07) is 2.95. The Labute approximate surface area is 119 Å². The van der Waals surface area contributed by atoms with Crippen LogP contribution in [0.25, 0.3) is 0 Å². The molecule has 5 heteroatoms. The van der Waals surface area contributed by atoms with Crippen molar-refractivity contribution in [3.05, 3.63) is 29.6 Å². The van der Waals surface area contributed by atoms with Crippen molar-refractivity contribution in [2.45, 2.75) is 39.5 Å². The normalized spacial score (nSPS) is 10.3. The maximum absolute atomic E-state index is 12.5. The Kier molecular flexibility index (Phi) is 6.70. The van der Waals surface area contributed by atoms with Crippen LogP contribution >= 0.6 is 0 Å². The fourth-order valence-corrected chi connectivity index (χ4v) is 1.91. The first-order valence-electron chi connectivity index (χ1n) is 7.09. The van der Waals surface area contributed by atoms with Crippen molar-refractivity contribution in [2.24, 2.45) is 0 Å². The maximum Gasteiger partial charge on any atom is 0.338 e.